The summed E-state index contributed by atoms with van der Waals surface area (Å²) in [6, 6.07) is 8.36. The minimum absolute atomic E-state index is 0.304. The maximum atomic E-state index is 12.4. The van der Waals surface area contributed by atoms with Crippen LogP contribution in [0.1, 0.15) is 22.1 Å². The molecule has 0 radical (unpaired) electrons. The Labute approximate surface area is 154 Å². The third-order valence-electron chi connectivity index (χ3n) is 4.41. The number of aromatic amines is 1. The van der Waals surface area contributed by atoms with Crippen molar-refractivity contribution < 1.29 is 24.1 Å². The number of carbonyl (C=O) groups excluding carboxylic acids is 1. The zero-order valence-electron chi connectivity index (χ0n) is 14.8. The van der Waals surface area contributed by atoms with Crippen LogP contribution in [0, 0.1) is 6.92 Å². The quantitative estimate of drug-likeness (QED) is 0.704. The lowest BCUT2D eigenvalue weighted by molar-refractivity contribution is -0.0626. The van der Waals surface area contributed by atoms with E-state index in [1.54, 1.807) is 37.3 Å². The van der Waals surface area contributed by atoms with Crippen LogP contribution >= 0.6 is 0 Å². The first-order valence-corrected chi connectivity index (χ1v) is 8.33. The number of methoxy groups -OCH3 is 1. The molecule has 1 aromatic carbocycles. The van der Waals surface area contributed by atoms with Crippen LogP contribution in [-0.2, 0) is 14.2 Å². The number of esters is 1. The predicted octanol–water partition coefficient (Wildman–Crippen LogP) is -0.0247. The van der Waals surface area contributed by atoms with Gasteiger partial charge in [-0.3, -0.25) is 14.3 Å². The van der Waals surface area contributed by atoms with Gasteiger partial charge in [0.05, 0.1) is 12.2 Å². The van der Waals surface area contributed by atoms with E-state index in [4.69, 9.17) is 14.2 Å². The number of aryl methyl sites for hydroxylation is 1. The SMILES string of the molecule is CO[C@@H]1[C@@H](OC(=O)c2ccccc2)[C@@H](CO)O[C@H]1n1cc(C)c(=O)[nH]c1=O. The molecule has 9 heteroatoms. The Bertz CT molecular complexity index is 921. The van der Waals surface area contributed by atoms with Gasteiger partial charge < -0.3 is 19.3 Å². The van der Waals surface area contributed by atoms with Gasteiger partial charge in [0.15, 0.2) is 12.3 Å². The van der Waals surface area contributed by atoms with Gasteiger partial charge >= 0.3 is 11.7 Å². The molecule has 0 saturated carbocycles. The van der Waals surface area contributed by atoms with Crippen LogP contribution in [0.4, 0.5) is 0 Å². The van der Waals surface area contributed by atoms with Gasteiger partial charge in [0, 0.05) is 18.9 Å². The maximum absolute atomic E-state index is 12.4. The first-order chi connectivity index (χ1) is 13.0. The molecule has 2 aromatic rings. The molecular weight excluding hydrogens is 356 g/mol. The van der Waals surface area contributed by atoms with Gasteiger partial charge in [-0.05, 0) is 19.1 Å². The number of H-pyrrole nitrogens is 1. The lowest BCUT2D eigenvalue weighted by Crippen LogP contribution is -2.41. The molecule has 144 valence electrons. The number of benzene rings is 1. The topological polar surface area (TPSA) is 120 Å². The number of aliphatic hydroxyl groups is 1. The largest absolute Gasteiger partial charge is 0.453 e. The summed E-state index contributed by atoms with van der Waals surface area (Å²) in [5, 5.41) is 9.65. The van der Waals surface area contributed by atoms with Crippen molar-refractivity contribution in [2.75, 3.05) is 13.7 Å². The van der Waals surface area contributed by atoms with E-state index in [2.05, 4.69) is 4.98 Å². The highest BCUT2D eigenvalue weighted by atomic mass is 16.6. The molecule has 0 spiro atoms. The van der Waals surface area contributed by atoms with E-state index < -0.39 is 48.4 Å². The average Bonchev–Trinajstić information content (AvgIpc) is 3.02. The van der Waals surface area contributed by atoms with Crippen LogP contribution in [0.3, 0.4) is 0 Å². The highest BCUT2D eigenvalue weighted by Gasteiger charge is 2.48. The van der Waals surface area contributed by atoms with Crippen molar-refractivity contribution in [2.45, 2.75) is 31.5 Å². The van der Waals surface area contributed by atoms with E-state index in [1.807, 2.05) is 0 Å². The molecule has 3 rings (SSSR count). The number of hydrogen-bond donors (Lipinski definition) is 2. The number of hydrogen-bond acceptors (Lipinski definition) is 7. The average molecular weight is 376 g/mol. The second-order valence-electron chi connectivity index (χ2n) is 6.16. The Morgan fingerprint density at radius 2 is 1.96 bits per heavy atom. The second-order valence-corrected chi connectivity index (χ2v) is 6.16. The number of aliphatic hydroxyl groups excluding tert-OH is 1. The van der Waals surface area contributed by atoms with E-state index in [-0.39, 0.29) is 0 Å². The summed E-state index contributed by atoms with van der Waals surface area (Å²) >= 11 is 0. The zero-order chi connectivity index (χ0) is 19.6. The van der Waals surface area contributed by atoms with Crippen LogP contribution in [0.25, 0.3) is 0 Å². The van der Waals surface area contributed by atoms with Crippen molar-refractivity contribution in [3.8, 4) is 0 Å². The molecule has 1 aliphatic heterocycles. The minimum atomic E-state index is -0.983. The highest BCUT2D eigenvalue weighted by molar-refractivity contribution is 5.89. The Kier molecular flexibility index (Phi) is 5.54. The molecule has 1 aromatic heterocycles. The minimum Gasteiger partial charge on any atom is -0.453 e. The molecule has 2 N–H and O–H groups in total. The number of carbonyl (C=O) groups is 1. The molecule has 9 nitrogen and oxygen atoms in total. The summed E-state index contributed by atoms with van der Waals surface area (Å²) in [7, 11) is 1.38. The summed E-state index contributed by atoms with van der Waals surface area (Å²) in [5.41, 5.74) is -0.554. The Hall–Kier alpha value is -2.75. The smallest absolute Gasteiger partial charge is 0.338 e. The van der Waals surface area contributed by atoms with Gasteiger partial charge in [-0.1, -0.05) is 18.2 Å². The number of aromatic nitrogens is 2. The summed E-state index contributed by atoms with van der Waals surface area (Å²) in [6.45, 7) is 1.10. The van der Waals surface area contributed by atoms with Gasteiger partial charge in [-0.15, -0.1) is 0 Å². The fourth-order valence-electron chi connectivity index (χ4n) is 3.01. The number of ether oxygens (including phenoxy) is 3. The summed E-state index contributed by atoms with van der Waals surface area (Å²) in [6.07, 6.45) is -2.35. The highest BCUT2D eigenvalue weighted by Crippen LogP contribution is 2.33. The standard InChI is InChI=1S/C18H20N2O7/c1-10-8-20(18(24)19-15(10)22)16-14(25-2)13(12(9-21)26-16)27-17(23)11-6-4-3-5-7-11/h3-8,12-14,16,21H,9H2,1-2H3,(H,19,22,24)/t12-,13+,14-,16-/m1/s1. The molecule has 2 heterocycles. The first-order valence-electron chi connectivity index (χ1n) is 8.33. The lowest BCUT2D eigenvalue weighted by atomic mass is 10.1. The number of rotatable bonds is 5. The fourth-order valence-corrected chi connectivity index (χ4v) is 3.01. The molecule has 0 amide bonds. The lowest BCUT2D eigenvalue weighted by Gasteiger charge is -2.23. The summed E-state index contributed by atoms with van der Waals surface area (Å²) in [4.78, 5) is 38.4. The van der Waals surface area contributed by atoms with Gasteiger partial charge in [-0.25, -0.2) is 9.59 Å². The first kappa shape index (κ1) is 19.0. The van der Waals surface area contributed by atoms with Crippen LogP contribution in [0.2, 0.25) is 0 Å². The van der Waals surface area contributed by atoms with Crippen molar-refractivity contribution >= 4 is 5.97 Å². The van der Waals surface area contributed by atoms with Crippen LogP contribution < -0.4 is 11.2 Å². The molecular formula is C18H20N2O7. The third kappa shape index (κ3) is 3.70. The van der Waals surface area contributed by atoms with Gasteiger partial charge in [0.1, 0.15) is 12.2 Å². The van der Waals surface area contributed by atoms with E-state index in [0.29, 0.717) is 11.1 Å². The van der Waals surface area contributed by atoms with Crippen molar-refractivity contribution in [3.63, 3.8) is 0 Å². The van der Waals surface area contributed by atoms with Crippen LogP contribution in [-0.4, -0.2) is 52.7 Å². The van der Waals surface area contributed by atoms with E-state index >= 15 is 0 Å². The van der Waals surface area contributed by atoms with Crippen molar-refractivity contribution in [1.82, 2.24) is 9.55 Å². The summed E-state index contributed by atoms with van der Waals surface area (Å²) in [5.74, 6) is -0.602. The molecule has 0 bridgehead atoms. The Balaban J connectivity index is 1.91. The van der Waals surface area contributed by atoms with E-state index in [0.717, 1.165) is 4.57 Å². The molecule has 4 atom stereocenters. The third-order valence-corrected chi connectivity index (χ3v) is 4.41. The second kappa shape index (κ2) is 7.87. The fraction of sp³-hybridized carbons (Fsp3) is 0.389. The number of nitrogens with zero attached hydrogens (tertiary/aromatic N) is 1. The normalized spacial score (nSPS) is 24.7. The maximum Gasteiger partial charge on any atom is 0.338 e. The summed E-state index contributed by atoms with van der Waals surface area (Å²) < 4.78 is 17.8. The van der Waals surface area contributed by atoms with E-state index in [1.165, 1.54) is 13.3 Å². The molecule has 1 aliphatic rings. The number of nitrogens with one attached hydrogen (secondary N) is 1. The van der Waals surface area contributed by atoms with Crippen LogP contribution in [0.15, 0.2) is 46.1 Å². The van der Waals surface area contributed by atoms with Gasteiger partial charge in [0.2, 0.25) is 0 Å². The van der Waals surface area contributed by atoms with Crippen LogP contribution in [0.5, 0.6) is 0 Å². The van der Waals surface area contributed by atoms with Gasteiger partial charge in [0.25, 0.3) is 5.56 Å². The van der Waals surface area contributed by atoms with Crippen molar-refractivity contribution in [2.24, 2.45) is 0 Å². The molecule has 1 fully saturated rings. The van der Waals surface area contributed by atoms with Crippen molar-refractivity contribution in [1.29, 1.82) is 0 Å². The van der Waals surface area contributed by atoms with E-state index in [9.17, 15) is 19.5 Å². The Morgan fingerprint density at radius 1 is 1.26 bits per heavy atom. The Morgan fingerprint density at radius 3 is 2.59 bits per heavy atom. The molecule has 27 heavy (non-hydrogen) atoms. The molecule has 1 saturated heterocycles. The zero-order valence-corrected chi connectivity index (χ0v) is 14.8. The molecule has 0 aliphatic carbocycles. The van der Waals surface area contributed by atoms with Crippen molar-refractivity contribution in [3.05, 3.63) is 68.5 Å². The molecule has 0 unspecified atom stereocenters. The predicted molar refractivity (Wildman–Crippen MR) is 93.5 cm³/mol. The monoisotopic (exact) mass is 376 g/mol. The van der Waals surface area contributed by atoms with Gasteiger partial charge in [-0.2, -0.15) is 0 Å².